The zero-order chi connectivity index (χ0) is 14.7. The lowest BCUT2D eigenvalue weighted by molar-refractivity contribution is -0.125. The minimum Gasteiger partial charge on any atom is -0.323 e. The number of rotatable bonds is 3. The molecule has 0 bridgehead atoms. The zero-order valence-corrected chi connectivity index (χ0v) is 12.7. The van der Waals surface area contributed by atoms with E-state index in [0.717, 1.165) is 25.8 Å². The Morgan fingerprint density at radius 1 is 1.00 bits per heavy atom. The Bertz CT molecular complexity index is 404. The Morgan fingerprint density at radius 2 is 1.71 bits per heavy atom. The van der Waals surface area contributed by atoms with Crippen molar-refractivity contribution < 1.29 is 9.59 Å². The summed E-state index contributed by atoms with van der Waals surface area (Å²) >= 11 is 0. The van der Waals surface area contributed by atoms with Crippen LogP contribution in [0, 0.1) is 5.92 Å². The van der Waals surface area contributed by atoms with Crippen molar-refractivity contribution >= 4 is 11.9 Å². The van der Waals surface area contributed by atoms with Gasteiger partial charge in [0.1, 0.15) is 5.54 Å². The maximum absolute atomic E-state index is 12.1. The lowest BCUT2D eigenvalue weighted by Gasteiger charge is -2.30. The van der Waals surface area contributed by atoms with Gasteiger partial charge in [-0.25, -0.2) is 4.79 Å². The summed E-state index contributed by atoms with van der Waals surface area (Å²) in [7, 11) is 0. The molecular formula is C16H27N3O2. The molecule has 3 fully saturated rings. The fraction of sp³-hybridized carbons (Fsp3) is 0.875. The number of hydrogen-bond donors (Lipinski definition) is 3. The van der Waals surface area contributed by atoms with Gasteiger partial charge >= 0.3 is 6.03 Å². The smallest absolute Gasteiger partial charge is 0.322 e. The Morgan fingerprint density at radius 3 is 2.38 bits per heavy atom. The number of carbonyl (C=O) groups excluding carboxylic acids is 2. The van der Waals surface area contributed by atoms with Gasteiger partial charge in [-0.2, -0.15) is 0 Å². The summed E-state index contributed by atoms with van der Waals surface area (Å²) in [5.41, 5.74) is -0.633. The van der Waals surface area contributed by atoms with Crippen molar-refractivity contribution in [3.05, 3.63) is 0 Å². The second-order valence-electron chi connectivity index (χ2n) is 6.92. The average molecular weight is 293 g/mol. The number of hydrogen-bond acceptors (Lipinski definition) is 3. The predicted molar refractivity (Wildman–Crippen MR) is 80.9 cm³/mol. The van der Waals surface area contributed by atoms with Gasteiger partial charge in [0.25, 0.3) is 5.91 Å². The molecule has 0 aromatic heterocycles. The first-order chi connectivity index (χ1) is 10.2. The van der Waals surface area contributed by atoms with Crippen molar-refractivity contribution in [2.24, 2.45) is 5.92 Å². The number of imide groups is 1. The molecule has 0 radical (unpaired) electrons. The molecule has 2 saturated carbocycles. The number of carbonyl (C=O) groups is 2. The standard InChI is InChI=1S/C16H27N3O2/c20-14-16(19-15(21)18-14)10-6-7-12(16)11-17-13-8-4-2-1-3-5-9-13/h12-13,17H,1-11H2,(H2,18,19,20,21)/t12-,16-/m1/s1. The van der Waals surface area contributed by atoms with Gasteiger partial charge in [-0.05, 0) is 25.7 Å². The van der Waals surface area contributed by atoms with E-state index < -0.39 is 5.54 Å². The highest BCUT2D eigenvalue weighted by molar-refractivity contribution is 6.07. The first-order valence-electron chi connectivity index (χ1n) is 8.58. The minimum atomic E-state index is -0.633. The molecular weight excluding hydrogens is 266 g/mol. The summed E-state index contributed by atoms with van der Waals surface area (Å²) in [5.74, 6) is 0.115. The van der Waals surface area contributed by atoms with E-state index in [9.17, 15) is 9.59 Å². The SMILES string of the molecule is O=C1NC(=O)[C@]2(CCC[C@@H]2CNC2CCCCCCC2)N1. The van der Waals surface area contributed by atoms with Crippen LogP contribution in [0.15, 0.2) is 0 Å². The van der Waals surface area contributed by atoms with E-state index in [-0.39, 0.29) is 17.9 Å². The van der Waals surface area contributed by atoms with Crippen LogP contribution in [0.1, 0.15) is 64.2 Å². The van der Waals surface area contributed by atoms with Crippen molar-refractivity contribution in [1.82, 2.24) is 16.0 Å². The summed E-state index contributed by atoms with van der Waals surface area (Å²) in [6.45, 7) is 0.846. The molecule has 2 aliphatic carbocycles. The number of amides is 3. The molecule has 3 N–H and O–H groups in total. The predicted octanol–water partition coefficient (Wildman–Crippen LogP) is 2.07. The summed E-state index contributed by atoms with van der Waals surface area (Å²) in [5, 5.41) is 9.01. The van der Waals surface area contributed by atoms with Gasteiger partial charge in [0.2, 0.25) is 0 Å². The number of urea groups is 1. The molecule has 1 aliphatic heterocycles. The normalized spacial score (nSPS) is 34.6. The summed E-state index contributed by atoms with van der Waals surface area (Å²) in [4.78, 5) is 23.6. The fourth-order valence-corrected chi connectivity index (χ4v) is 4.29. The van der Waals surface area contributed by atoms with Crippen LogP contribution in [0.5, 0.6) is 0 Å². The summed E-state index contributed by atoms with van der Waals surface area (Å²) in [6.07, 6.45) is 12.0. The Hall–Kier alpha value is -1.10. The molecule has 118 valence electrons. The van der Waals surface area contributed by atoms with Gasteiger partial charge in [0, 0.05) is 18.5 Å². The van der Waals surface area contributed by atoms with E-state index in [1.165, 1.54) is 44.9 Å². The van der Waals surface area contributed by atoms with Crippen molar-refractivity contribution in [3.63, 3.8) is 0 Å². The largest absolute Gasteiger partial charge is 0.323 e. The third kappa shape index (κ3) is 3.07. The lowest BCUT2D eigenvalue weighted by atomic mass is 9.86. The van der Waals surface area contributed by atoms with Gasteiger partial charge in [0.15, 0.2) is 0 Å². The highest BCUT2D eigenvalue weighted by Gasteiger charge is 2.54. The van der Waals surface area contributed by atoms with Crippen LogP contribution >= 0.6 is 0 Å². The summed E-state index contributed by atoms with van der Waals surface area (Å²) < 4.78 is 0. The van der Waals surface area contributed by atoms with Crippen LogP contribution in [0.4, 0.5) is 4.79 Å². The topological polar surface area (TPSA) is 70.2 Å². The highest BCUT2D eigenvalue weighted by Crippen LogP contribution is 2.37. The first-order valence-corrected chi connectivity index (χ1v) is 8.58. The molecule has 5 heteroatoms. The van der Waals surface area contributed by atoms with E-state index in [1.54, 1.807) is 0 Å². The maximum Gasteiger partial charge on any atom is 0.322 e. The summed E-state index contributed by atoms with van der Waals surface area (Å²) in [6, 6.07) is 0.265. The average Bonchev–Trinajstić information content (AvgIpc) is 2.93. The Balaban J connectivity index is 1.56. The van der Waals surface area contributed by atoms with E-state index >= 15 is 0 Å². The van der Waals surface area contributed by atoms with Crippen molar-refractivity contribution in [3.8, 4) is 0 Å². The van der Waals surface area contributed by atoms with Crippen LogP contribution < -0.4 is 16.0 Å². The fourth-order valence-electron chi connectivity index (χ4n) is 4.29. The second-order valence-corrected chi connectivity index (χ2v) is 6.92. The van der Waals surface area contributed by atoms with Crippen LogP contribution in [0.2, 0.25) is 0 Å². The maximum atomic E-state index is 12.1. The van der Waals surface area contributed by atoms with Gasteiger partial charge < -0.3 is 10.6 Å². The van der Waals surface area contributed by atoms with Crippen LogP contribution in [-0.4, -0.2) is 30.1 Å². The molecule has 3 rings (SSSR count). The molecule has 1 heterocycles. The monoisotopic (exact) mass is 293 g/mol. The molecule has 2 atom stereocenters. The van der Waals surface area contributed by atoms with Crippen LogP contribution in [0.3, 0.4) is 0 Å². The van der Waals surface area contributed by atoms with E-state index in [2.05, 4.69) is 16.0 Å². The van der Waals surface area contributed by atoms with Crippen molar-refractivity contribution in [1.29, 1.82) is 0 Å². The van der Waals surface area contributed by atoms with Gasteiger partial charge in [-0.15, -0.1) is 0 Å². The molecule has 21 heavy (non-hydrogen) atoms. The lowest BCUT2D eigenvalue weighted by Crippen LogP contribution is -2.53. The third-order valence-electron chi connectivity index (χ3n) is 5.55. The van der Waals surface area contributed by atoms with Crippen LogP contribution in [-0.2, 0) is 4.79 Å². The van der Waals surface area contributed by atoms with Gasteiger partial charge in [-0.1, -0.05) is 38.5 Å². The molecule has 1 saturated heterocycles. The van der Waals surface area contributed by atoms with Crippen LogP contribution in [0.25, 0.3) is 0 Å². The number of nitrogens with one attached hydrogen (secondary N) is 3. The van der Waals surface area contributed by atoms with E-state index in [1.807, 2.05) is 0 Å². The van der Waals surface area contributed by atoms with Crippen molar-refractivity contribution in [2.75, 3.05) is 6.54 Å². The Kier molecular flexibility index (Phi) is 4.48. The second kappa shape index (κ2) is 6.34. The van der Waals surface area contributed by atoms with Gasteiger partial charge in [0.05, 0.1) is 0 Å². The molecule has 3 amide bonds. The zero-order valence-electron chi connectivity index (χ0n) is 12.7. The highest BCUT2D eigenvalue weighted by atomic mass is 16.2. The molecule has 0 aromatic rings. The van der Waals surface area contributed by atoms with Gasteiger partial charge in [-0.3, -0.25) is 10.1 Å². The van der Waals surface area contributed by atoms with E-state index in [4.69, 9.17) is 0 Å². The molecule has 0 unspecified atom stereocenters. The molecule has 1 spiro atoms. The Labute approximate surface area is 126 Å². The molecule has 3 aliphatic rings. The molecule has 0 aromatic carbocycles. The third-order valence-corrected chi connectivity index (χ3v) is 5.55. The van der Waals surface area contributed by atoms with E-state index in [0.29, 0.717) is 6.04 Å². The minimum absolute atomic E-state index is 0.116. The van der Waals surface area contributed by atoms with Crippen molar-refractivity contribution in [2.45, 2.75) is 75.8 Å². The quantitative estimate of drug-likeness (QED) is 0.698. The first kappa shape index (κ1) is 14.8. The molecule has 5 nitrogen and oxygen atoms in total.